The topological polar surface area (TPSA) is 115 Å². The Morgan fingerprint density at radius 3 is 1.85 bits per heavy atom. The Morgan fingerprint density at radius 1 is 0.780 bits per heavy atom. The molecular weight excluding hydrogens is 530 g/mol. The van der Waals surface area contributed by atoms with Gasteiger partial charge in [0.2, 0.25) is 0 Å². The Hall–Kier alpha value is -4.90. The van der Waals surface area contributed by atoms with Crippen molar-refractivity contribution < 1.29 is 38.1 Å². The minimum atomic E-state index is -0.916. The molecule has 4 amide bonds. The Morgan fingerprint density at radius 2 is 1.32 bits per heavy atom. The van der Waals surface area contributed by atoms with E-state index in [0.717, 1.165) is 16.0 Å². The molecule has 2 aliphatic heterocycles. The van der Waals surface area contributed by atoms with Crippen molar-refractivity contribution >= 4 is 35.6 Å². The summed E-state index contributed by atoms with van der Waals surface area (Å²) in [6, 6.07) is 25.0. The van der Waals surface area contributed by atoms with Crippen LogP contribution in [-0.4, -0.2) is 68.0 Å². The standard InChI is InChI=1S/C30H29N3O8/c34-27-21-38-16-15-31(27)24-11-13-25(14-12-24)32-17-26(41-30(32)37)18-33(28(35)39-19-22-7-3-1-4-8-22)29(36)40-20-23-9-5-2-6-10-23/h1-14,26H,15-21H2/t26-/m1/s1. The molecule has 2 saturated heterocycles. The highest BCUT2D eigenvalue weighted by Gasteiger charge is 2.37. The summed E-state index contributed by atoms with van der Waals surface area (Å²) in [5, 5.41) is 0. The number of carbonyl (C=O) groups excluding carboxylic acids is 4. The number of morpholine rings is 1. The van der Waals surface area contributed by atoms with Crippen molar-refractivity contribution in [2.45, 2.75) is 19.3 Å². The van der Waals surface area contributed by atoms with Crippen LogP contribution in [-0.2, 0) is 37.0 Å². The third-order valence-electron chi connectivity index (χ3n) is 6.57. The maximum atomic E-state index is 13.0. The molecule has 5 rings (SSSR count). The molecule has 2 heterocycles. The van der Waals surface area contributed by atoms with Crippen LogP contribution < -0.4 is 9.80 Å². The van der Waals surface area contributed by atoms with Gasteiger partial charge in [0.05, 0.1) is 19.7 Å². The second kappa shape index (κ2) is 13.0. The zero-order valence-electron chi connectivity index (χ0n) is 22.2. The molecular formula is C30H29N3O8. The van der Waals surface area contributed by atoms with Gasteiger partial charge in [0.25, 0.3) is 5.91 Å². The Kier molecular flexibility index (Phi) is 8.75. The number of benzene rings is 3. The Labute approximate surface area is 236 Å². The zero-order valence-corrected chi connectivity index (χ0v) is 22.2. The highest BCUT2D eigenvalue weighted by molar-refractivity contribution is 5.96. The van der Waals surface area contributed by atoms with Crippen LogP contribution in [0.4, 0.5) is 25.8 Å². The molecule has 11 nitrogen and oxygen atoms in total. The van der Waals surface area contributed by atoms with E-state index >= 15 is 0 Å². The third-order valence-corrected chi connectivity index (χ3v) is 6.57. The van der Waals surface area contributed by atoms with Gasteiger partial charge >= 0.3 is 18.3 Å². The first-order valence-electron chi connectivity index (χ1n) is 13.1. The smallest absolute Gasteiger partial charge is 0.419 e. The summed E-state index contributed by atoms with van der Waals surface area (Å²) in [6.45, 7) is 0.661. The first kappa shape index (κ1) is 27.7. The summed E-state index contributed by atoms with van der Waals surface area (Å²) in [7, 11) is 0. The van der Waals surface area contributed by atoms with Gasteiger partial charge in [0.1, 0.15) is 25.9 Å². The van der Waals surface area contributed by atoms with Gasteiger partial charge in [0, 0.05) is 17.9 Å². The number of nitrogens with zero attached hydrogens (tertiary/aromatic N) is 3. The average molecular weight is 560 g/mol. The van der Waals surface area contributed by atoms with Crippen molar-refractivity contribution in [3.05, 3.63) is 96.1 Å². The van der Waals surface area contributed by atoms with E-state index in [1.165, 1.54) is 4.90 Å². The largest absolute Gasteiger partial charge is 0.444 e. The highest BCUT2D eigenvalue weighted by atomic mass is 16.6. The number of imide groups is 1. The summed E-state index contributed by atoms with van der Waals surface area (Å²) >= 11 is 0. The molecule has 2 fully saturated rings. The number of anilines is 2. The fourth-order valence-corrected chi connectivity index (χ4v) is 4.45. The predicted octanol–water partition coefficient (Wildman–Crippen LogP) is 4.35. The van der Waals surface area contributed by atoms with Crippen LogP contribution in [0.25, 0.3) is 0 Å². The molecule has 0 saturated carbocycles. The SMILES string of the molecule is O=C(OCc1ccccc1)N(C[C@H]1CN(c2ccc(N3CCOCC3=O)cc2)C(=O)O1)C(=O)OCc1ccccc1. The lowest BCUT2D eigenvalue weighted by Crippen LogP contribution is -2.43. The maximum Gasteiger partial charge on any atom is 0.419 e. The summed E-state index contributed by atoms with van der Waals surface area (Å²) in [5.41, 5.74) is 2.74. The zero-order chi connectivity index (χ0) is 28.6. The molecule has 41 heavy (non-hydrogen) atoms. The fourth-order valence-electron chi connectivity index (χ4n) is 4.45. The Bertz CT molecular complexity index is 1310. The minimum Gasteiger partial charge on any atom is -0.444 e. The van der Waals surface area contributed by atoms with Gasteiger partial charge in [-0.1, -0.05) is 60.7 Å². The molecule has 3 aromatic carbocycles. The summed E-state index contributed by atoms with van der Waals surface area (Å²) in [6.07, 6.45) is -3.28. The van der Waals surface area contributed by atoms with Gasteiger partial charge in [0.15, 0.2) is 0 Å². The molecule has 0 aliphatic carbocycles. The van der Waals surface area contributed by atoms with Crippen LogP contribution in [0, 0.1) is 0 Å². The maximum absolute atomic E-state index is 13.0. The second-order valence-electron chi connectivity index (χ2n) is 9.42. The molecule has 1 atom stereocenters. The van der Waals surface area contributed by atoms with Crippen molar-refractivity contribution in [2.24, 2.45) is 0 Å². The second-order valence-corrected chi connectivity index (χ2v) is 9.42. The molecule has 0 radical (unpaired) electrons. The number of rotatable bonds is 8. The van der Waals surface area contributed by atoms with Gasteiger partial charge in [-0.2, -0.15) is 0 Å². The highest BCUT2D eigenvalue weighted by Crippen LogP contribution is 2.26. The van der Waals surface area contributed by atoms with Gasteiger partial charge < -0.3 is 23.8 Å². The van der Waals surface area contributed by atoms with Crippen LogP contribution in [0.1, 0.15) is 11.1 Å². The van der Waals surface area contributed by atoms with E-state index in [0.29, 0.717) is 24.5 Å². The number of hydrogen-bond donors (Lipinski definition) is 0. The van der Waals surface area contributed by atoms with E-state index in [4.69, 9.17) is 18.9 Å². The lowest BCUT2D eigenvalue weighted by molar-refractivity contribution is -0.125. The molecule has 0 bridgehead atoms. The lowest BCUT2D eigenvalue weighted by atomic mass is 10.2. The van der Waals surface area contributed by atoms with Gasteiger partial charge in [-0.15, -0.1) is 0 Å². The van der Waals surface area contributed by atoms with Crippen LogP contribution in [0.15, 0.2) is 84.9 Å². The predicted molar refractivity (Wildman–Crippen MR) is 147 cm³/mol. The van der Waals surface area contributed by atoms with Crippen LogP contribution in [0.5, 0.6) is 0 Å². The summed E-state index contributed by atoms with van der Waals surface area (Å²) in [4.78, 5) is 54.7. The fraction of sp³-hybridized carbons (Fsp3) is 0.267. The molecule has 0 N–H and O–H groups in total. The number of carbonyl (C=O) groups is 4. The molecule has 0 spiro atoms. The van der Waals surface area contributed by atoms with Crippen molar-refractivity contribution in [1.82, 2.24) is 4.90 Å². The lowest BCUT2D eigenvalue weighted by Gasteiger charge is -2.27. The average Bonchev–Trinajstić information content (AvgIpc) is 3.38. The first-order chi connectivity index (χ1) is 20.0. The third kappa shape index (κ3) is 7.00. The van der Waals surface area contributed by atoms with E-state index in [1.807, 2.05) is 36.4 Å². The van der Waals surface area contributed by atoms with E-state index in [2.05, 4.69) is 0 Å². The van der Waals surface area contributed by atoms with E-state index < -0.39 is 24.4 Å². The number of amides is 4. The molecule has 3 aromatic rings. The van der Waals surface area contributed by atoms with Gasteiger partial charge in [-0.3, -0.25) is 9.69 Å². The number of cyclic esters (lactones) is 1. The van der Waals surface area contributed by atoms with Crippen molar-refractivity contribution in [3.63, 3.8) is 0 Å². The van der Waals surface area contributed by atoms with Crippen molar-refractivity contribution in [1.29, 1.82) is 0 Å². The molecule has 0 unspecified atom stereocenters. The number of ether oxygens (including phenoxy) is 4. The van der Waals surface area contributed by atoms with E-state index in [-0.39, 0.29) is 38.8 Å². The normalized spacial score (nSPS) is 16.7. The quantitative estimate of drug-likeness (QED) is 0.374. The minimum absolute atomic E-state index is 0.0277. The van der Waals surface area contributed by atoms with Crippen LogP contribution in [0.3, 0.4) is 0 Å². The van der Waals surface area contributed by atoms with Crippen LogP contribution in [0.2, 0.25) is 0 Å². The molecule has 2 aliphatic rings. The van der Waals surface area contributed by atoms with Gasteiger partial charge in [-0.25, -0.2) is 19.3 Å². The first-order valence-corrected chi connectivity index (χ1v) is 13.1. The summed E-state index contributed by atoms with van der Waals surface area (Å²) < 4.78 is 21.4. The summed E-state index contributed by atoms with van der Waals surface area (Å²) in [5.74, 6) is -0.136. The van der Waals surface area contributed by atoms with Crippen molar-refractivity contribution in [2.75, 3.05) is 42.6 Å². The van der Waals surface area contributed by atoms with E-state index in [9.17, 15) is 19.2 Å². The Balaban J connectivity index is 1.24. The van der Waals surface area contributed by atoms with Gasteiger partial charge in [-0.05, 0) is 35.4 Å². The van der Waals surface area contributed by atoms with E-state index in [1.54, 1.807) is 53.4 Å². The molecule has 212 valence electrons. The van der Waals surface area contributed by atoms with Crippen molar-refractivity contribution in [3.8, 4) is 0 Å². The monoisotopic (exact) mass is 559 g/mol. The van der Waals surface area contributed by atoms with Crippen LogP contribution >= 0.6 is 0 Å². The number of hydrogen-bond acceptors (Lipinski definition) is 8. The molecule has 11 heteroatoms. The molecule has 0 aromatic heterocycles.